The number of halogens is 1. The van der Waals surface area contributed by atoms with Gasteiger partial charge in [-0.1, -0.05) is 22.4 Å². The standard InChI is InChI=1S/C22H16FN3O6/c23-15-3-1-2-13(6-15)17-9-22(32-26-17)24-21(27)11-28-10-16-8-19(31-25-16)14-4-5-18-20(7-14)30-12-29-18/h1-9H,10-12H2,(H,24,27). The maximum absolute atomic E-state index is 13.3. The number of nitrogens with zero attached hydrogens (tertiary/aromatic N) is 2. The number of rotatable bonds is 7. The Bertz CT molecular complexity index is 1270. The number of fused-ring (bicyclic) bond motifs is 1. The average Bonchev–Trinajstić information content (AvgIpc) is 3.54. The third-order valence-electron chi connectivity index (χ3n) is 4.59. The van der Waals surface area contributed by atoms with E-state index in [2.05, 4.69) is 15.6 Å². The first-order chi connectivity index (χ1) is 15.6. The molecule has 32 heavy (non-hydrogen) atoms. The molecule has 2 aromatic heterocycles. The molecule has 162 valence electrons. The van der Waals surface area contributed by atoms with Gasteiger partial charge in [-0.05, 0) is 30.3 Å². The SMILES string of the molecule is O=C(COCc1cc(-c2ccc3c(c2)OCO3)on1)Nc1cc(-c2cccc(F)c2)no1. The second kappa shape index (κ2) is 8.52. The zero-order chi connectivity index (χ0) is 21.9. The van der Waals surface area contributed by atoms with Crippen LogP contribution in [0.1, 0.15) is 5.69 Å². The second-order valence-corrected chi connectivity index (χ2v) is 6.88. The van der Waals surface area contributed by atoms with Crippen molar-refractivity contribution in [3.8, 4) is 34.1 Å². The molecule has 1 amide bonds. The first kappa shape index (κ1) is 19.8. The molecule has 1 aliphatic rings. The molecule has 0 fully saturated rings. The molecule has 4 aromatic rings. The van der Waals surface area contributed by atoms with Crippen LogP contribution in [0.2, 0.25) is 0 Å². The second-order valence-electron chi connectivity index (χ2n) is 6.88. The van der Waals surface area contributed by atoms with Crippen LogP contribution in [0.25, 0.3) is 22.6 Å². The van der Waals surface area contributed by atoms with E-state index in [0.29, 0.717) is 34.2 Å². The highest BCUT2D eigenvalue weighted by Crippen LogP contribution is 2.36. The van der Waals surface area contributed by atoms with E-state index in [4.69, 9.17) is 23.3 Å². The van der Waals surface area contributed by atoms with Gasteiger partial charge in [-0.25, -0.2) is 4.39 Å². The summed E-state index contributed by atoms with van der Waals surface area (Å²) >= 11 is 0. The summed E-state index contributed by atoms with van der Waals surface area (Å²) in [5.74, 6) is 1.16. The van der Waals surface area contributed by atoms with E-state index in [-0.39, 0.29) is 31.7 Å². The fourth-order valence-electron chi connectivity index (χ4n) is 3.11. The summed E-state index contributed by atoms with van der Waals surface area (Å²) in [6.45, 7) is 0.0329. The number of ether oxygens (including phenoxy) is 3. The summed E-state index contributed by atoms with van der Waals surface area (Å²) < 4.78 is 39.8. The molecule has 0 aliphatic carbocycles. The van der Waals surface area contributed by atoms with Crippen molar-refractivity contribution in [1.29, 1.82) is 0 Å². The van der Waals surface area contributed by atoms with Crippen LogP contribution in [0.3, 0.4) is 0 Å². The molecule has 0 saturated heterocycles. The molecule has 10 heteroatoms. The number of carbonyl (C=O) groups is 1. The van der Waals surface area contributed by atoms with E-state index in [1.165, 1.54) is 18.2 Å². The average molecular weight is 437 g/mol. The zero-order valence-electron chi connectivity index (χ0n) is 16.5. The minimum Gasteiger partial charge on any atom is -0.454 e. The van der Waals surface area contributed by atoms with Crippen molar-refractivity contribution < 1.29 is 32.4 Å². The predicted molar refractivity (Wildman–Crippen MR) is 108 cm³/mol. The van der Waals surface area contributed by atoms with Crippen LogP contribution in [-0.4, -0.2) is 29.6 Å². The lowest BCUT2D eigenvalue weighted by Gasteiger charge is -2.01. The number of amides is 1. The molecular weight excluding hydrogens is 421 g/mol. The van der Waals surface area contributed by atoms with E-state index in [1.807, 2.05) is 6.07 Å². The van der Waals surface area contributed by atoms with Crippen molar-refractivity contribution in [1.82, 2.24) is 10.3 Å². The lowest BCUT2D eigenvalue weighted by molar-refractivity contribution is -0.121. The highest BCUT2D eigenvalue weighted by atomic mass is 19.1. The number of hydrogen-bond donors (Lipinski definition) is 1. The first-order valence-electron chi connectivity index (χ1n) is 9.60. The molecule has 5 rings (SSSR count). The van der Waals surface area contributed by atoms with Crippen LogP contribution < -0.4 is 14.8 Å². The van der Waals surface area contributed by atoms with Crippen molar-refractivity contribution in [2.24, 2.45) is 0 Å². The van der Waals surface area contributed by atoms with Crippen LogP contribution in [0.4, 0.5) is 10.3 Å². The highest BCUT2D eigenvalue weighted by Gasteiger charge is 2.16. The molecule has 0 saturated carbocycles. The van der Waals surface area contributed by atoms with Gasteiger partial charge in [0, 0.05) is 23.3 Å². The molecule has 3 heterocycles. The predicted octanol–water partition coefficient (Wildman–Crippen LogP) is 4.02. The Morgan fingerprint density at radius 1 is 1.00 bits per heavy atom. The molecular formula is C22H16FN3O6. The largest absolute Gasteiger partial charge is 0.454 e. The Balaban J connectivity index is 1.13. The third-order valence-corrected chi connectivity index (χ3v) is 4.59. The van der Waals surface area contributed by atoms with Crippen molar-refractivity contribution >= 4 is 11.8 Å². The smallest absolute Gasteiger partial charge is 0.252 e. The maximum atomic E-state index is 13.3. The molecule has 1 aliphatic heterocycles. The quantitative estimate of drug-likeness (QED) is 0.462. The molecule has 0 unspecified atom stereocenters. The minimum atomic E-state index is -0.438. The van der Waals surface area contributed by atoms with Gasteiger partial charge in [0.05, 0.1) is 6.61 Å². The lowest BCUT2D eigenvalue weighted by Crippen LogP contribution is -2.17. The van der Waals surface area contributed by atoms with Crippen LogP contribution in [-0.2, 0) is 16.1 Å². The number of nitrogens with one attached hydrogen (secondary N) is 1. The fourth-order valence-corrected chi connectivity index (χ4v) is 3.11. The van der Waals surface area contributed by atoms with Crippen LogP contribution in [0.5, 0.6) is 11.5 Å². The van der Waals surface area contributed by atoms with Gasteiger partial charge in [0.25, 0.3) is 5.91 Å². The maximum Gasteiger partial charge on any atom is 0.252 e. The van der Waals surface area contributed by atoms with E-state index in [0.717, 1.165) is 5.56 Å². The normalized spacial score (nSPS) is 12.2. The summed E-state index contributed by atoms with van der Waals surface area (Å²) in [4.78, 5) is 12.1. The summed E-state index contributed by atoms with van der Waals surface area (Å²) in [5.41, 5.74) is 2.25. The molecule has 2 aromatic carbocycles. The van der Waals surface area contributed by atoms with Crippen molar-refractivity contribution in [2.75, 3.05) is 18.7 Å². The number of carbonyl (C=O) groups excluding carboxylic acids is 1. The molecule has 1 N–H and O–H groups in total. The van der Waals surface area contributed by atoms with Crippen LogP contribution in [0, 0.1) is 5.82 Å². The highest BCUT2D eigenvalue weighted by molar-refractivity contribution is 5.90. The molecule has 0 spiro atoms. The van der Waals surface area contributed by atoms with Gasteiger partial charge in [0.2, 0.25) is 12.7 Å². The van der Waals surface area contributed by atoms with Crippen LogP contribution in [0.15, 0.2) is 63.6 Å². The van der Waals surface area contributed by atoms with E-state index < -0.39 is 5.91 Å². The molecule has 0 bridgehead atoms. The van der Waals surface area contributed by atoms with Gasteiger partial charge in [0.15, 0.2) is 17.3 Å². The monoisotopic (exact) mass is 437 g/mol. The summed E-state index contributed by atoms with van der Waals surface area (Å²) in [5, 5.41) is 10.3. The minimum absolute atomic E-state index is 0.0758. The van der Waals surface area contributed by atoms with Gasteiger partial charge in [-0.15, -0.1) is 0 Å². The van der Waals surface area contributed by atoms with Gasteiger partial charge < -0.3 is 23.3 Å². The van der Waals surface area contributed by atoms with Crippen molar-refractivity contribution in [2.45, 2.75) is 6.61 Å². The topological polar surface area (TPSA) is 109 Å². The van der Waals surface area contributed by atoms with Gasteiger partial charge >= 0.3 is 0 Å². The Labute approximate surface area is 180 Å². The number of benzene rings is 2. The number of anilines is 1. The Hall–Kier alpha value is -4.18. The van der Waals surface area contributed by atoms with Crippen molar-refractivity contribution in [3.63, 3.8) is 0 Å². The van der Waals surface area contributed by atoms with Crippen LogP contribution >= 0.6 is 0 Å². The third kappa shape index (κ3) is 4.30. The molecule has 9 nitrogen and oxygen atoms in total. The zero-order valence-corrected chi connectivity index (χ0v) is 16.5. The molecule has 0 radical (unpaired) electrons. The molecule has 0 atom stereocenters. The van der Waals surface area contributed by atoms with E-state index in [9.17, 15) is 9.18 Å². The Morgan fingerprint density at radius 3 is 2.81 bits per heavy atom. The summed E-state index contributed by atoms with van der Waals surface area (Å²) in [6, 6.07) is 14.6. The summed E-state index contributed by atoms with van der Waals surface area (Å²) in [6.07, 6.45) is 0. The van der Waals surface area contributed by atoms with E-state index in [1.54, 1.807) is 30.3 Å². The van der Waals surface area contributed by atoms with Crippen molar-refractivity contribution in [3.05, 3.63) is 66.1 Å². The lowest BCUT2D eigenvalue weighted by atomic mass is 10.1. The van der Waals surface area contributed by atoms with Gasteiger partial charge in [0.1, 0.15) is 23.8 Å². The van der Waals surface area contributed by atoms with Gasteiger partial charge in [-0.3, -0.25) is 10.1 Å². The van der Waals surface area contributed by atoms with Gasteiger partial charge in [-0.2, -0.15) is 0 Å². The number of aromatic nitrogens is 2. The fraction of sp³-hybridized carbons (Fsp3) is 0.136. The van der Waals surface area contributed by atoms with E-state index >= 15 is 0 Å². The Morgan fingerprint density at radius 2 is 1.91 bits per heavy atom. The summed E-state index contributed by atoms with van der Waals surface area (Å²) in [7, 11) is 0. The number of hydrogen-bond acceptors (Lipinski definition) is 8. The Kier molecular flexibility index (Phi) is 5.26. The first-order valence-corrected chi connectivity index (χ1v) is 9.60.